The van der Waals surface area contributed by atoms with Crippen molar-refractivity contribution in [3.05, 3.63) is 12.4 Å². The van der Waals surface area contributed by atoms with Crippen LogP contribution in [0.25, 0.3) is 0 Å². The Balaban J connectivity index is 2.40. The molecule has 1 rings (SSSR count). The van der Waals surface area contributed by atoms with Crippen molar-refractivity contribution in [1.29, 1.82) is 0 Å². The van der Waals surface area contributed by atoms with Gasteiger partial charge in [0.05, 0.1) is 5.75 Å². The molecule has 0 unspecified atom stereocenters. The molecule has 0 aliphatic carbocycles. The van der Waals surface area contributed by atoms with Gasteiger partial charge in [-0.2, -0.15) is 0 Å². The summed E-state index contributed by atoms with van der Waals surface area (Å²) in [5, 5.41) is 0.803. The summed E-state index contributed by atoms with van der Waals surface area (Å²) in [7, 11) is 0. The van der Waals surface area contributed by atoms with Gasteiger partial charge in [-0.25, -0.2) is 4.98 Å². The number of thioether (sulfide) groups is 1. The minimum atomic E-state index is -0.250. The lowest BCUT2D eigenvalue weighted by Gasteiger charge is -2.15. The summed E-state index contributed by atoms with van der Waals surface area (Å²) in [5.74, 6) is 0.727. The van der Waals surface area contributed by atoms with Crippen LogP contribution < -0.4 is 0 Å². The quantitative estimate of drug-likeness (QED) is 0.757. The molecule has 4 heteroatoms. The van der Waals surface area contributed by atoms with E-state index in [-0.39, 0.29) is 11.2 Å². The zero-order chi connectivity index (χ0) is 9.90. The first kappa shape index (κ1) is 10.3. The largest absolute Gasteiger partial charge is 0.340 e. The van der Waals surface area contributed by atoms with E-state index in [9.17, 15) is 4.79 Å². The second kappa shape index (κ2) is 3.96. The van der Waals surface area contributed by atoms with Gasteiger partial charge in [0.2, 0.25) is 0 Å². The van der Waals surface area contributed by atoms with Gasteiger partial charge in [0.15, 0.2) is 5.16 Å². The minimum Gasteiger partial charge on any atom is -0.340 e. The molecule has 1 N–H and O–H groups in total. The Kier molecular flexibility index (Phi) is 3.14. The summed E-state index contributed by atoms with van der Waals surface area (Å²) >= 11 is 1.45. The predicted octanol–water partition coefficient (Wildman–Crippen LogP) is 2.12. The van der Waals surface area contributed by atoms with E-state index in [0.29, 0.717) is 5.75 Å². The predicted molar refractivity (Wildman–Crippen MR) is 53.8 cm³/mol. The van der Waals surface area contributed by atoms with Crippen LogP contribution in [0.15, 0.2) is 17.6 Å². The first-order valence-corrected chi connectivity index (χ1v) is 5.14. The second-order valence-corrected chi connectivity index (χ2v) is 4.82. The van der Waals surface area contributed by atoms with Crippen molar-refractivity contribution in [3.63, 3.8) is 0 Å². The average Bonchev–Trinajstić information content (AvgIpc) is 2.50. The molecule has 1 aromatic heterocycles. The van der Waals surface area contributed by atoms with E-state index in [1.807, 2.05) is 20.8 Å². The van der Waals surface area contributed by atoms with Gasteiger partial charge in [0, 0.05) is 17.8 Å². The molecule has 0 atom stereocenters. The van der Waals surface area contributed by atoms with Crippen molar-refractivity contribution in [3.8, 4) is 0 Å². The van der Waals surface area contributed by atoms with Gasteiger partial charge in [0.1, 0.15) is 5.78 Å². The van der Waals surface area contributed by atoms with Crippen LogP contribution in [-0.4, -0.2) is 21.5 Å². The summed E-state index contributed by atoms with van der Waals surface area (Å²) in [6.07, 6.45) is 3.44. The monoisotopic (exact) mass is 198 g/mol. The number of carbonyl (C=O) groups excluding carboxylic acids is 1. The molecule has 0 saturated carbocycles. The number of nitrogens with zero attached hydrogens (tertiary/aromatic N) is 1. The third-order valence-electron chi connectivity index (χ3n) is 1.65. The molecule has 1 aromatic rings. The van der Waals surface area contributed by atoms with Crippen molar-refractivity contribution in [2.24, 2.45) is 5.41 Å². The molecule has 0 amide bonds. The number of hydrogen-bond acceptors (Lipinski definition) is 3. The zero-order valence-corrected chi connectivity index (χ0v) is 8.94. The molecule has 0 spiro atoms. The van der Waals surface area contributed by atoms with Crippen molar-refractivity contribution in [1.82, 2.24) is 9.97 Å². The molecule has 0 aliphatic rings. The molecule has 13 heavy (non-hydrogen) atoms. The number of imidazole rings is 1. The van der Waals surface area contributed by atoms with Gasteiger partial charge >= 0.3 is 0 Å². The zero-order valence-electron chi connectivity index (χ0n) is 8.13. The summed E-state index contributed by atoms with van der Waals surface area (Å²) in [5.41, 5.74) is -0.250. The first-order chi connectivity index (χ1) is 6.00. The number of aromatic nitrogens is 2. The Morgan fingerprint density at radius 2 is 2.31 bits per heavy atom. The summed E-state index contributed by atoms with van der Waals surface area (Å²) in [6, 6.07) is 0. The molecular formula is C9H14N2OS. The van der Waals surface area contributed by atoms with E-state index >= 15 is 0 Å². The second-order valence-electron chi connectivity index (χ2n) is 3.86. The summed E-state index contributed by atoms with van der Waals surface area (Å²) in [6.45, 7) is 5.79. The fourth-order valence-electron chi connectivity index (χ4n) is 0.680. The molecule has 3 nitrogen and oxygen atoms in total. The number of hydrogen-bond donors (Lipinski definition) is 1. The fourth-order valence-corrected chi connectivity index (χ4v) is 1.67. The van der Waals surface area contributed by atoms with Crippen LogP contribution in [0.2, 0.25) is 0 Å². The molecule has 72 valence electrons. The van der Waals surface area contributed by atoms with E-state index < -0.39 is 0 Å². The maximum atomic E-state index is 11.5. The van der Waals surface area contributed by atoms with Crippen molar-refractivity contribution < 1.29 is 4.79 Å². The molecule has 1 heterocycles. The van der Waals surface area contributed by atoms with E-state index in [1.54, 1.807) is 12.4 Å². The number of carbonyl (C=O) groups is 1. The molecular weight excluding hydrogens is 184 g/mol. The van der Waals surface area contributed by atoms with Crippen LogP contribution in [0.3, 0.4) is 0 Å². The normalized spacial score (nSPS) is 11.6. The van der Waals surface area contributed by atoms with Crippen LogP contribution in [0, 0.1) is 5.41 Å². The standard InChI is InChI=1S/C9H14N2OS/c1-9(2,3)7(12)6-13-8-10-4-5-11-8/h4-5H,6H2,1-3H3,(H,10,11). The fraction of sp³-hybridized carbons (Fsp3) is 0.556. The maximum absolute atomic E-state index is 11.5. The van der Waals surface area contributed by atoms with Crippen molar-refractivity contribution in [2.75, 3.05) is 5.75 Å². The highest BCUT2D eigenvalue weighted by Gasteiger charge is 2.20. The third kappa shape index (κ3) is 3.22. The Morgan fingerprint density at radius 3 is 2.77 bits per heavy atom. The Morgan fingerprint density at radius 1 is 1.62 bits per heavy atom. The lowest BCUT2D eigenvalue weighted by Crippen LogP contribution is -2.22. The van der Waals surface area contributed by atoms with Gasteiger partial charge in [-0.05, 0) is 0 Å². The lowest BCUT2D eigenvalue weighted by atomic mass is 9.92. The minimum absolute atomic E-state index is 0.244. The van der Waals surface area contributed by atoms with Gasteiger partial charge < -0.3 is 4.98 Å². The van der Waals surface area contributed by atoms with Crippen LogP contribution in [0.1, 0.15) is 20.8 Å². The maximum Gasteiger partial charge on any atom is 0.165 e. The van der Waals surface area contributed by atoms with E-state index in [1.165, 1.54) is 11.8 Å². The van der Waals surface area contributed by atoms with E-state index in [4.69, 9.17) is 0 Å². The first-order valence-electron chi connectivity index (χ1n) is 4.15. The number of rotatable bonds is 3. The molecule has 0 fully saturated rings. The van der Waals surface area contributed by atoms with Crippen LogP contribution in [0.4, 0.5) is 0 Å². The highest BCUT2D eigenvalue weighted by atomic mass is 32.2. The topological polar surface area (TPSA) is 45.8 Å². The average molecular weight is 198 g/mol. The van der Waals surface area contributed by atoms with E-state index in [2.05, 4.69) is 9.97 Å². The molecule has 0 aliphatic heterocycles. The van der Waals surface area contributed by atoms with Gasteiger partial charge in [0.25, 0.3) is 0 Å². The Bertz CT molecular complexity index is 274. The van der Waals surface area contributed by atoms with Crippen LogP contribution in [-0.2, 0) is 4.79 Å². The number of aromatic amines is 1. The number of Topliss-reactive ketones (excluding diaryl/α,β-unsaturated/α-hetero) is 1. The van der Waals surface area contributed by atoms with Crippen molar-refractivity contribution >= 4 is 17.5 Å². The summed E-state index contributed by atoms with van der Waals surface area (Å²) < 4.78 is 0. The SMILES string of the molecule is CC(C)(C)C(=O)CSc1ncc[nH]1. The number of ketones is 1. The number of nitrogens with one attached hydrogen (secondary N) is 1. The van der Waals surface area contributed by atoms with Crippen LogP contribution in [0.5, 0.6) is 0 Å². The molecule has 0 saturated heterocycles. The lowest BCUT2D eigenvalue weighted by molar-refractivity contribution is -0.123. The van der Waals surface area contributed by atoms with Crippen LogP contribution >= 0.6 is 11.8 Å². The molecule has 0 radical (unpaired) electrons. The highest BCUT2D eigenvalue weighted by Crippen LogP contribution is 2.20. The Hall–Kier alpha value is -0.770. The summed E-state index contributed by atoms with van der Waals surface area (Å²) in [4.78, 5) is 18.5. The van der Waals surface area contributed by atoms with Gasteiger partial charge in [-0.3, -0.25) is 4.79 Å². The van der Waals surface area contributed by atoms with Gasteiger partial charge in [-0.15, -0.1) is 0 Å². The van der Waals surface area contributed by atoms with Gasteiger partial charge in [-0.1, -0.05) is 32.5 Å². The Labute approximate surface area is 82.3 Å². The number of H-pyrrole nitrogens is 1. The third-order valence-corrected chi connectivity index (χ3v) is 2.55. The smallest absolute Gasteiger partial charge is 0.165 e. The van der Waals surface area contributed by atoms with Crippen molar-refractivity contribution in [2.45, 2.75) is 25.9 Å². The molecule has 0 bridgehead atoms. The van der Waals surface area contributed by atoms with E-state index in [0.717, 1.165) is 5.16 Å². The molecule has 0 aromatic carbocycles. The highest BCUT2D eigenvalue weighted by molar-refractivity contribution is 7.99.